The Balaban J connectivity index is 0.000000621. The van der Waals surface area contributed by atoms with Gasteiger partial charge in [0.15, 0.2) is 0 Å². The van der Waals surface area contributed by atoms with Crippen LogP contribution in [0.1, 0.15) is 33.6 Å². The Morgan fingerprint density at radius 1 is 1.20 bits per heavy atom. The van der Waals surface area contributed by atoms with Gasteiger partial charge >= 0.3 is 5.97 Å². The molecule has 0 spiro atoms. The molecule has 1 aromatic carbocycles. The topological polar surface area (TPSA) is 44.8 Å². The summed E-state index contributed by atoms with van der Waals surface area (Å²) in [6, 6.07) is 9.48. The van der Waals surface area contributed by atoms with Gasteiger partial charge in [-0.3, -0.25) is 4.79 Å². The summed E-state index contributed by atoms with van der Waals surface area (Å²) in [5.41, 5.74) is 0. The van der Waals surface area contributed by atoms with Gasteiger partial charge in [-0.1, -0.05) is 32.0 Å². The molecule has 0 aliphatic heterocycles. The van der Waals surface area contributed by atoms with E-state index in [0.29, 0.717) is 13.0 Å². The molecule has 1 atom stereocenters. The highest BCUT2D eigenvalue weighted by atomic mass is 16.6. The molecule has 1 rings (SSSR count). The maximum atomic E-state index is 10.9. The van der Waals surface area contributed by atoms with E-state index >= 15 is 0 Å². The number of methoxy groups -OCH3 is 1. The zero-order valence-electron chi connectivity index (χ0n) is 12.9. The van der Waals surface area contributed by atoms with Crippen molar-refractivity contribution in [3.05, 3.63) is 30.3 Å². The zero-order chi connectivity index (χ0) is 15.2. The summed E-state index contributed by atoms with van der Waals surface area (Å²) in [5, 5.41) is 0. The second-order valence-electron chi connectivity index (χ2n) is 4.27. The van der Waals surface area contributed by atoms with Crippen LogP contribution < -0.4 is 4.74 Å². The number of carbonyl (C=O) groups excluding carboxylic acids is 1. The van der Waals surface area contributed by atoms with Crippen molar-refractivity contribution in [1.82, 2.24) is 0 Å². The van der Waals surface area contributed by atoms with E-state index in [1.165, 1.54) is 0 Å². The van der Waals surface area contributed by atoms with Gasteiger partial charge in [0.25, 0.3) is 0 Å². The SMILES string of the molecule is CCC(=O)OC[C@H](C)Oc1ccccc1.CCCOC. The van der Waals surface area contributed by atoms with Crippen LogP contribution in [0.5, 0.6) is 5.75 Å². The third kappa shape index (κ3) is 10.4. The predicted molar refractivity (Wildman–Crippen MR) is 79.9 cm³/mol. The third-order valence-electron chi connectivity index (χ3n) is 2.26. The van der Waals surface area contributed by atoms with Crippen molar-refractivity contribution in [3.63, 3.8) is 0 Å². The van der Waals surface area contributed by atoms with Crippen molar-refractivity contribution >= 4 is 5.97 Å². The predicted octanol–water partition coefficient (Wildman–Crippen LogP) is 3.45. The number of esters is 1. The van der Waals surface area contributed by atoms with Crippen LogP contribution in [0.4, 0.5) is 0 Å². The molecule has 0 saturated carbocycles. The maximum Gasteiger partial charge on any atom is 0.305 e. The monoisotopic (exact) mass is 282 g/mol. The highest BCUT2D eigenvalue weighted by molar-refractivity contribution is 5.68. The van der Waals surface area contributed by atoms with Gasteiger partial charge in [0.1, 0.15) is 18.5 Å². The van der Waals surface area contributed by atoms with Crippen molar-refractivity contribution in [1.29, 1.82) is 0 Å². The largest absolute Gasteiger partial charge is 0.487 e. The minimum Gasteiger partial charge on any atom is -0.487 e. The first-order chi connectivity index (χ1) is 9.63. The van der Waals surface area contributed by atoms with E-state index < -0.39 is 0 Å². The van der Waals surface area contributed by atoms with Crippen LogP contribution in [0.25, 0.3) is 0 Å². The van der Waals surface area contributed by atoms with Crippen LogP contribution in [-0.2, 0) is 14.3 Å². The molecule has 0 heterocycles. The highest BCUT2D eigenvalue weighted by Gasteiger charge is 2.06. The second-order valence-corrected chi connectivity index (χ2v) is 4.27. The summed E-state index contributed by atoms with van der Waals surface area (Å²) in [6.45, 7) is 6.91. The van der Waals surface area contributed by atoms with E-state index in [1.807, 2.05) is 37.3 Å². The number of benzene rings is 1. The number of hydrogen-bond donors (Lipinski definition) is 0. The summed E-state index contributed by atoms with van der Waals surface area (Å²) in [6.07, 6.45) is 1.40. The van der Waals surface area contributed by atoms with Gasteiger partial charge in [0, 0.05) is 20.1 Å². The Morgan fingerprint density at radius 2 is 1.85 bits per heavy atom. The van der Waals surface area contributed by atoms with E-state index in [-0.39, 0.29) is 12.1 Å². The molecule has 0 radical (unpaired) electrons. The van der Waals surface area contributed by atoms with E-state index in [2.05, 4.69) is 6.92 Å². The number of carbonyl (C=O) groups is 1. The minimum absolute atomic E-state index is 0.122. The summed E-state index contributed by atoms with van der Waals surface area (Å²) in [5.74, 6) is 0.594. The average molecular weight is 282 g/mol. The summed E-state index contributed by atoms with van der Waals surface area (Å²) < 4.78 is 15.2. The molecule has 20 heavy (non-hydrogen) atoms. The smallest absolute Gasteiger partial charge is 0.305 e. The lowest BCUT2D eigenvalue weighted by atomic mass is 10.3. The third-order valence-corrected chi connectivity index (χ3v) is 2.26. The molecule has 0 bridgehead atoms. The second kappa shape index (κ2) is 12.5. The lowest BCUT2D eigenvalue weighted by Crippen LogP contribution is -2.21. The van der Waals surface area contributed by atoms with Crippen molar-refractivity contribution in [3.8, 4) is 5.75 Å². The van der Waals surface area contributed by atoms with Crippen LogP contribution in [-0.4, -0.2) is 32.4 Å². The summed E-state index contributed by atoms with van der Waals surface area (Å²) >= 11 is 0. The van der Waals surface area contributed by atoms with Crippen LogP contribution >= 0.6 is 0 Å². The van der Waals surface area contributed by atoms with Gasteiger partial charge in [-0.05, 0) is 25.5 Å². The first-order valence-corrected chi connectivity index (χ1v) is 7.00. The Labute approximate surface area is 122 Å². The molecular formula is C16H26O4. The molecule has 0 aliphatic carbocycles. The Morgan fingerprint density at radius 3 is 2.30 bits per heavy atom. The van der Waals surface area contributed by atoms with Crippen molar-refractivity contribution in [2.45, 2.75) is 39.7 Å². The molecule has 0 amide bonds. The van der Waals surface area contributed by atoms with Crippen molar-refractivity contribution in [2.24, 2.45) is 0 Å². The van der Waals surface area contributed by atoms with Crippen molar-refractivity contribution < 1.29 is 19.0 Å². The van der Waals surface area contributed by atoms with Crippen LogP contribution in [0, 0.1) is 0 Å². The average Bonchev–Trinajstić information content (AvgIpc) is 2.47. The molecule has 0 saturated heterocycles. The van der Waals surface area contributed by atoms with E-state index in [4.69, 9.17) is 14.2 Å². The molecule has 1 aromatic rings. The van der Waals surface area contributed by atoms with E-state index in [9.17, 15) is 4.79 Å². The highest BCUT2D eigenvalue weighted by Crippen LogP contribution is 2.10. The molecule has 4 nitrogen and oxygen atoms in total. The first-order valence-electron chi connectivity index (χ1n) is 7.00. The van der Waals surface area contributed by atoms with Crippen LogP contribution in [0.15, 0.2) is 30.3 Å². The quantitative estimate of drug-likeness (QED) is 0.719. The number of para-hydroxylation sites is 1. The standard InChI is InChI=1S/C12H16O3.C4H10O/c1-3-12(13)14-9-10(2)15-11-7-5-4-6-8-11;1-3-4-5-2/h4-8,10H,3,9H2,1-2H3;3-4H2,1-2H3/t10-;/m0./s1. The molecule has 0 N–H and O–H groups in total. The molecule has 0 unspecified atom stereocenters. The number of ether oxygens (including phenoxy) is 3. The molecule has 0 fully saturated rings. The fraction of sp³-hybridized carbons (Fsp3) is 0.562. The van der Waals surface area contributed by atoms with Gasteiger partial charge in [-0.15, -0.1) is 0 Å². The molecule has 114 valence electrons. The minimum atomic E-state index is -0.196. The molecule has 4 heteroatoms. The van der Waals surface area contributed by atoms with Gasteiger partial charge in [-0.25, -0.2) is 0 Å². The van der Waals surface area contributed by atoms with Crippen molar-refractivity contribution in [2.75, 3.05) is 20.3 Å². The molecule has 0 aromatic heterocycles. The number of hydrogen-bond acceptors (Lipinski definition) is 4. The van der Waals surface area contributed by atoms with Gasteiger partial charge in [-0.2, -0.15) is 0 Å². The number of rotatable bonds is 7. The Hall–Kier alpha value is -1.55. The van der Waals surface area contributed by atoms with Gasteiger partial charge in [0.05, 0.1) is 0 Å². The molecular weight excluding hydrogens is 256 g/mol. The summed E-state index contributed by atoms with van der Waals surface area (Å²) in [7, 11) is 1.71. The summed E-state index contributed by atoms with van der Waals surface area (Å²) in [4.78, 5) is 10.9. The fourth-order valence-corrected chi connectivity index (χ4v) is 1.28. The van der Waals surface area contributed by atoms with Gasteiger partial charge in [0.2, 0.25) is 0 Å². The lowest BCUT2D eigenvalue weighted by Gasteiger charge is -2.14. The fourth-order valence-electron chi connectivity index (χ4n) is 1.28. The first kappa shape index (κ1) is 18.4. The zero-order valence-corrected chi connectivity index (χ0v) is 12.9. The van der Waals surface area contributed by atoms with Crippen LogP contribution in [0.3, 0.4) is 0 Å². The maximum absolute atomic E-state index is 10.9. The lowest BCUT2D eigenvalue weighted by molar-refractivity contribution is -0.145. The van der Waals surface area contributed by atoms with E-state index in [1.54, 1.807) is 14.0 Å². The Kier molecular flexibility index (Phi) is 11.5. The normalized spacial score (nSPS) is 11.0. The van der Waals surface area contributed by atoms with E-state index in [0.717, 1.165) is 18.8 Å². The molecule has 0 aliphatic rings. The Bertz CT molecular complexity index is 336. The van der Waals surface area contributed by atoms with Gasteiger partial charge < -0.3 is 14.2 Å². The van der Waals surface area contributed by atoms with Crippen LogP contribution in [0.2, 0.25) is 0 Å².